The van der Waals surface area contributed by atoms with Gasteiger partial charge in [-0.1, -0.05) is 28.1 Å². The second-order valence-corrected chi connectivity index (χ2v) is 5.66. The van der Waals surface area contributed by atoms with Gasteiger partial charge in [-0.05, 0) is 32.0 Å². The van der Waals surface area contributed by atoms with E-state index in [0.717, 1.165) is 22.3 Å². The van der Waals surface area contributed by atoms with Crippen LogP contribution in [0.2, 0.25) is 0 Å². The summed E-state index contributed by atoms with van der Waals surface area (Å²) in [5.74, 6) is 0. The normalized spacial score (nSPS) is 10.7. The third-order valence-corrected chi connectivity index (χ3v) is 3.41. The largest absolute Gasteiger partial charge is 0.389 e. The van der Waals surface area contributed by atoms with E-state index in [-0.39, 0.29) is 0 Å². The van der Waals surface area contributed by atoms with Crippen LogP contribution in [0.15, 0.2) is 22.7 Å². The summed E-state index contributed by atoms with van der Waals surface area (Å²) in [5.41, 5.74) is 7.74. The first-order valence-electron chi connectivity index (χ1n) is 5.82. The predicted molar refractivity (Wildman–Crippen MR) is 84.4 cm³/mol. The van der Waals surface area contributed by atoms with Crippen LogP contribution in [0.25, 0.3) is 0 Å². The fourth-order valence-electron chi connectivity index (χ4n) is 1.80. The Balaban J connectivity index is 3.16. The first kappa shape index (κ1) is 15.4. The molecule has 0 aliphatic heterocycles. The number of anilines is 1. The summed E-state index contributed by atoms with van der Waals surface area (Å²) in [6.45, 7) is 5.75. The minimum absolute atomic E-state index is 0.350. The molecular formula is C13H19BrN2OS. The second-order valence-electron chi connectivity index (χ2n) is 4.31. The van der Waals surface area contributed by atoms with Crippen molar-refractivity contribution in [2.24, 2.45) is 5.73 Å². The Hall–Kier alpha value is -0.650. The molecule has 0 saturated carbocycles. The average Bonchev–Trinajstić information content (AvgIpc) is 2.28. The fraction of sp³-hybridized carbons (Fsp3) is 0.462. The summed E-state index contributed by atoms with van der Waals surface area (Å²) < 4.78 is 6.17. The van der Waals surface area contributed by atoms with Crippen molar-refractivity contribution in [2.75, 3.05) is 25.2 Å². The van der Waals surface area contributed by atoms with Crippen molar-refractivity contribution in [1.82, 2.24) is 0 Å². The van der Waals surface area contributed by atoms with Gasteiger partial charge in [0, 0.05) is 35.4 Å². The number of benzene rings is 1. The Bertz CT molecular complexity index is 423. The van der Waals surface area contributed by atoms with Crippen LogP contribution in [-0.4, -0.2) is 31.3 Å². The quantitative estimate of drug-likeness (QED) is 0.814. The number of methoxy groups -OCH3 is 1. The van der Waals surface area contributed by atoms with Crippen molar-refractivity contribution >= 4 is 38.8 Å². The van der Waals surface area contributed by atoms with Crippen LogP contribution < -0.4 is 10.6 Å². The predicted octanol–water partition coefficient (Wildman–Crippen LogP) is 2.94. The van der Waals surface area contributed by atoms with E-state index in [1.54, 1.807) is 7.11 Å². The van der Waals surface area contributed by atoms with Crippen molar-refractivity contribution in [2.45, 2.75) is 19.9 Å². The van der Waals surface area contributed by atoms with Gasteiger partial charge in [0.25, 0.3) is 0 Å². The molecule has 100 valence electrons. The van der Waals surface area contributed by atoms with Crippen LogP contribution in [0.5, 0.6) is 0 Å². The molecule has 0 amide bonds. The maximum Gasteiger partial charge on any atom is 0.106 e. The molecular weight excluding hydrogens is 312 g/mol. The summed E-state index contributed by atoms with van der Waals surface area (Å²) in [6, 6.07) is 6.29. The minimum Gasteiger partial charge on any atom is -0.389 e. The molecule has 0 unspecified atom stereocenters. The Kier molecular flexibility index (Phi) is 6.05. The molecule has 0 atom stereocenters. The summed E-state index contributed by atoms with van der Waals surface area (Å²) in [7, 11) is 1.70. The van der Waals surface area contributed by atoms with Crippen LogP contribution >= 0.6 is 28.1 Å². The van der Waals surface area contributed by atoms with Gasteiger partial charge in [-0.3, -0.25) is 0 Å². The van der Waals surface area contributed by atoms with E-state index in [4.69, 9.17) is 22.7 Å². The molecule has 0 saturated heterocycles. The number of ether oxygens (including phenoxy) is 1. The van der Waals surface area contributed by atoms with Gasteiger partial charge in [0.1, 0.15) is 4.99 Å². The zero-order valence-corrected chi connectivity index (χ0v) is 13.3. The van der Waals surface area contributed by atoms with E-state index in [0.29, 0.717) is 17.6 Å². The summed E-state index contributed by atoms with van der Waals surface area (Å²) >= 11 is 8.60. The smallest absolute Gasteiger partial charge is 0.106 e. The molecule has 0 heterocycles. The first-order chi connectivity index (χ1) is 8.47. The zero-order chi connectivity index (χ0) is 13.7. The number of rotatable bonds is 6. The van der Waals surface area contributed by atoms with Crippen molar-refractivity contribution in [3.63, 3.8) is 0 Å². The van der Waals surface area contributed by atoms with Crippen LogP contribution in [-0.2, 0) is 4.74 Å². The van der Waals surface area contributed by atoms with Gasteiger partial charge < -0.3 is 15.4 Å². The number of hydrogen-bond acceptors (Lipinski definition) is 3. The molecule has 18 heavy (non-hydrogen) atoms. The van der Waals surface area contributed by atoms with Crippen molar-refractivity contribution in [3.8, 4) is 0 Å². The third kappa shape index (κ3) is 3.93. The first-order valence-corrected chi connectivity index (χ1v) is 7.02. The number of nitrogens with two attached hydrogens (primary N) is 1. The number of nitrogens with zero attached hydrogens (tertiary/aromatic N) is 1. The molecule has 0 fully saturated rings. The van der Waals surface area contributed by atoms with Crippen LogP contribution in [0, 0.1) is 0 Å². The molecule has 1 rings (SSSR count). The highest BCUT2D eigenvalue weighted by atomic mass is 79.9. The van der Waals surface area contributed by atoms with E-state index < -0.39 is 0 Å². The summed E-state index contributed by atoms with van der Waals surface area (Å²) in [5, 5.41) is 0. The highest BCUT2D eigenvalue weighted by molar-refractivity contribution is 9.10. The van der Waals surface area contributed by atoms with Crippen molar-refractivity contribution in [1.29, 1.82) is 0 Å². The fourth-order valence-corrected chi connectivity index (χ4v) is 2.32. The second kappa shape index (κ2) is 7.07. The van der Waals surface area contributed by atoms with Gasteiger partial charge >= 0.3 is 0 Å². The molecule has 0 aromatic heterocycles. The van der Waals surface area contributed by atoms with Gasteiger partial charge in [0.15, 0.2) is 0 Å². The maximum atomic E-state index is 5.79. The van der Waals surface area contributed by atoms with Gasteiger partial charge in [-0.2, -0.15) is 0 Å². The Morgan fingerprint density at radius 1 is 1.50 bits per heavy atom. The SMILES string of the molecule is COCCN(c1cc(Br)ccc1C(N)=S)C(C)C. The van der Waals surface area contributed by atoms with E-state index in [2.05, 4.69) is 34.7 Å². The van der Waals surface area contributed by atoms with Gasteiger partial charge in [-0.15, -0.1) is 0 Å². The average molecular weight is 331 g/mol. The summed E-state index contributed by atoms with van der Waals surface area (Å²) in [4.78, 5) is 2.66. The maximum absolute atomic E-state index is 5.79. The monoisotopic (exact) mass is 330 g/mol. The lowest BCUT2D eigenvalue weighted by Gasteiger charge is -2.30. The molecule has 1 aromatic rings. The molecule has 1 aromatic carbocycles. The Morgan fingerprint density at radius 2 is 2.17 bits per heavy atom. The molecule has 3 nitrogen and oxygen atoms in total. The van der Waals surface area contributed by atoms with Crippen LogP contribution in [0.3, 0.4) is 0 Å². The lowest BCUT2D eigenvalue weighted by molar-refractivity contribution is 0.204. The standard InChI is InChI=1S/C13H19BrN2OS/c1-9(2)16(6-7-17-3)12-8-10(14)4-5-11(12)13(15)18/h4-5,8-9H,6-7H2,1-3H3,(H2,15,18). The zero-order valence-electron chi connectivity index (χ0n) is 10.9. The van der Waals surface area contributed by atoms with Gasteiger partial charge in [0.2, 0.25) is 0 Å². The lowest BCUT2D eigenvalue weighted by atomic mass is 10.1. The lowest BCUT2D eigenvalue weighted by Crippen LogP contribution is -2.35. The number of halogens is 1. The van der Waals surface area contributed by atoms with Gasteiger partial charge in [-0.25, -0.2) is 0 Å². The van der Waals surface area contributed by atoms with Crippen molar-refractivity contribution < 1.29 is 4.74 Å². The van der Waals surface area contributed by atoms with Crippen molar-refractivity contribution in [3.05, 3.63) is 28.2 Å². The van der Waals surface area contributed by atoms with Crippen LogP contribution in [0.4, 0.5) is 5.69 Å². The van der Waals surface area contributed by atoms with E-state index in [1.165, 1.54) is 0 Å². The Labute approximate surface area is 122 Å². The van der Waals surface area contributed by atoms with E-state index >= 15 is 0 Å². The summed E-state index contributed by atoms with van der Waals surface area (Å²) in [6.07, 6.45) is 0. The molecule has 5 heteroatoms. The van der Waals surface area contributed by atoms with E-state index in [9.17, 15) is 0 Å². The molecule has 0 spiro atoms. The number of thiocarbonyl (C=S) groups is 1. The molecule has 0 aliphatic rings. The number of hydrogen-bond donors (Lipinski definition) is 1. The molecule has 2 N–H and O–H groups in total. The molecule has 0 bridgehead atoms. The highest BCUT2D eigenvalue weighted by Crippen LogP contribution is 2.26. The minimum atomic E-state index is 0.350. The van der Waals surface area contributed by atoms with E-state index in [1.807, 2.05) is 18.2 Å². The molecule has 0 aliphatic carbocycles. The molecule has 0 radical (unpaired) electrons. The topological polar surface area (TPSA) is 38.5 Å². The Morgan fingerprint density at radius 3 is 2.67 bits per heavy atom. The van der Waals surface area contributed by atoms with Crippen LogP contribution in [0.1, 0.15) is 19.4 Å². The highest BCUT2D eigenvalue weighted by Gasteiger charge is 2.16. The van der Waals surface area contributed by atoms with Gasteiger partial charge in [0.05, 0.1) is 6.61 Å². The third-order valence-electron chi connectivity index (χ3n) is 2.69.